The van der Waals surface area contributed by atoms with Crippen LogP contribution in [0.5, 0.6) is 0 Å². The van der Waals surface area contributed by atoms with Gasteiger partial charge in [0.1, 0.15) is 6.33 Å². The Kier molecular flexibility index (Phi) is 3.78. The number of likely N-dealkylation sites (tertiary alicyclic amines) is 1. The highest BCUT2D eigenvalue weighted by atomic mass is 16.4. The topological polar surface area (TPSA) is 88.3 Å². The number of piperidine rings is 1. The molecule has 1 fully saturated rings. The van der Waals surface area contributed by atoms with Crippen LogP contribution in [0.2, 0.25) is 0 Å². The minimum Gasteiger partial charge on any atom is -0.481 e. The summed E-state index contributed by atoms with van der Waals surface area (Å²) in [6.07, 6.45) is 2.84. The molecular formula is C13H20N4O3. The Hall–Kier alpha value is -1.92. The van der Waals surface area contributed by atoms with E-state index in [0.717, 1.165) is 0 Å². The first-order valence-electron chi connectivity index (χ1n) is 6.73. The van der Waals surface area contributed by atoms with Crippen molar-refractivity contribution in [2.75, 3.05) is 13.1 Å². The average Bonchev–Trinajstić information content (AvgIpc) is 2.87. The summed E-state index contributed by atoms with van der Waals surface area (Å²) in [6.45, 7) is 6.71. The van der Waals surface area contributed by atoms with Gasteiger partial charge >= 0.3 is 5.97 Å². The molecule has 1 aliphatic rings. The zero-order valence-corrected chi connectivity index (χ0v) is 12.0. The number of carbonyl (C=O) groups excluding carboxylic acids is 1. The molecule has 1 atom stereocenters. The maximum atomic E-state index is 12.3. The van der Waals surface area contributed by atoms with E-state index in [2.05, 4.69) is 10.1 Å². The van der Waals surface area contributed by atoms with Gasteiger partial charge in [-0.25, -0.2) is 9.67 Å². The number of hydrogen-bond donors (Lipinski definition) is 1. The molecule has 1 aliphatic heterocycles. The third kappa shape index (κ3) is 2.97. The highest BCUT2D eigenvalue weighted by molar-refractivity contribution is 5.90. The van der Waals surface area contributed by atoms with Gasteiger partial charge in [0.15, 0.2) is 0 Å². The largest absolute Gasteiger partial charge is 0.481 e. The standard InChI is InChI=1S/C13H20N4O3/c1-13(2,3)17-8-14-10(15-17)11(18)16-6-4-5-9(7-16)12(19)20/h8-9H,4-7H2,1-3H3,(H,19,20). The molecule has 0 spiro atoms. The summed E-state index contributed by atoms with van der Waals surface area (Å²) < 4.78 is 1.64. The second-order valence-electron chi connectivity index (χ2n) is 6.11. The van der Waals surface area contributed by atoms with Crippen molar-refractivity contribution in [3.8, 4) is 0 Å². The summed E-state index contributed by atoms with van der Waals surface area (Å²) in [5, 5.41) is 13.2. The van der Waals surface area contributed by atoms with Crippen LogP contribution in [-0.4, -0.2) is 49.7 Å². The summed E-state index contributed by atoms with van der Waals surface area (Å²) >= 11 is 0. The van der Waals surface area contributed by atoms with Gasteiger partial charge in [-0.1, -0.05) is 0 Å². The molecule has 1 aromatic heterocycles. The van der Waals surface area contributed by atoms with Gasteiger partial charge in [-0.05, 0) is 33.6 Å². The number of carboxylic acids is 1. The molecule has 0 aromatic carbocycles. The van der Waals surface area contributed by atoms with Crippen LogP contribution < -0.4 is 0 Å². The number of nitrogens with zero attached hydrogens (tertiary/aromatic N) is 4. The molecule has 2 rings (SSSR count). The predicted molar refractivity (Wildman–Crippen MR) is 71.3 cm³/mol. The van der Waals surface area contributed by atoms with Gasteiger partial charge in [0.05, 0.1) is 11.5 Å². The minimum absolute atomic E-state index is 0.131. The summed E-state index contributed by atoms with van der Waals surface area (Å²) in [5.74, 6) is -1.50. The van der Waals surface area contributed by atoms with Crippen molar-refractivity contribution >= 4 is 11.9 Å². The maximum Gasteiger partial charge on any atom is 0.308 e. The Balaban J connectivity index is 2.11. The zero-order chi connectivity index (χ0) is 14.9. The van der Waals surface area contributed by atoms with Crippen molar-refractivity contribution in [3.63, 3.8) is 0 Å². The lowest BCUT2D eigenvalue weighted by molar-refractivity contribution is -0.143. The van der Waals surface area contributed by atoms with E-state index in [0.29, 0.717) is 19.4 Å². The van der Waals surface area contributed by atoms with Gasteiger partial charge in [-0.2, -0.15) is 0 Å². The first kappa shape index (κ1) is 14.5. The van der Waals surface area contributed by atoms with E-state index in [1.807, 2.05) is 20.8 Å². The first-order chi connectivity index (χ1) is 9.29. The fourth-order valence-corrected chi connectivity index (χ4v) is 2.19. The Morgan fingerprint density at radius 1 is 1.40 bits per heavy atom. The van der Waals surface area contributed by atoms with E-state index in [9.17, 15) is 9.59 Å². The Labute approximate surface area is 117 Å². The molecule has 2 heterocycles. The van der Waals surface area contributed by atoms with Crippen LogP contribution in [0.4, 0.5) is 0 Å². The SMILES string of the molecule is CC(C)(C)n1cnc(C(=O)N2CCCC(C(=O)O)C2)n1. The first-order valence-corrected chi connectivity index (χ1v) is 6.73. The van der Waals surface area contributed by atoms with Crippen LogP contribution in [0.3, 0.4) is 0 Å². The number of aliphatic carboxylic acids is 1. The summed E-state index contributed by atoms with van der Waals surface area (Å²) in [7, 11) is 0. The van der Waals surface area contributed by atoms with Crippen molar-refractivity contribution < 1.29 is 14.7 Å². The van der Waals surface area contributed by atoms with Crippen molar-refractivity contribution in [1.29, 1.82) is 0 Å². The highest BCUT2D eigenvalue weighted by Gasteiger charge is 2.30. The lowest BCUT2D eigenvalue weighted by Gasteiger charge is -2.29. The fourth-order valence-electron chi connectivity index (χ4n) is 2.19. The van der Waals surface area contributed by atoms with Gasteiger partial charge in [-0.15, -0.1) is 5.10 Å². The molecular weight excluding hydrogens is 260 g/mol. The monoisotopic (exact) mass is 280 g/mol. The maximum absolute atomic E-state index is 12.3. The molecule has 110 valence electrons. The Bertz CT molecular complexity index is 518. The van der Waals surface area contributed by atoms with Crippen molar-refractivity contribution in [3.05, 3.63) is 12.2 Å². The van der Waals surface area contributed by atoms with E-state index in [-0.39, 0.29) is 23.8 Å². The molecule has 1 N–H and O–H groups in total. The van der Waals surface area contributed by atoms with E-state index >= 15 is 0 Å². The van der Waals surface area contributed by atoms with E-state index < -0.39 is 11.9 Å². The molecule has 1 aromatic rings. The number of aromatic nitrogens is 3. The summed E-state index contributed by atoms with van der Waals surface area (Å²) in [5.41, 5.74) is -0.239. The van der Waals surface area contributed by atoms with Crippen molar-refractivity contribution in [2.45, 2.75) is 39.2 Å². The van der Waals surface area contributed by atoms with E-state index in [4.69, 9.17) is 5.11 Å². The third-order valence-electron chi connectivity index (χ3n) is 3.43. The summed E-state index contributed by atoms with van der Waals surface area (Å²) in [6, 6.07) is 0. The average molecular weight is 280 g/mol. The summed E-state index contributed by atoms with van der Waals surface area (Å²) in [4.78, 5) is 28.9. The Morgan fingerprint density at radius 2 is 2.10 bits per heavy atom. The van der Waals surface area contributed by atoms with Crippen LogP contribution in [0.15, 0.2) is 6.33 Å². The molecule has 1 amide bonds. The van der Waals surface area contributed by atoms with Gasteiger partial charge in [-0.3, -0.25) is 9.59 Å². The normalized spacial score (nSPS) is 19.9. The van der Waals surface area contributed by atoms with Crippen LogP contribution in [0.25, 0.3) is 0 Å². The number of amides is 1. The third-order valence-corrected chi connectivity index (χ3v) is 3.43. The molecule has 0 radical (unpaired) electrons. The molecule has 20 heavy (non-hydrogen) atoms. The van der Waals surface area contributed by atoms with Crippen LogP contribution in [0, 0.1) is 5.92 Å². The van der Waals surface area contributed by atoms with Gasteiger partial charge in [0.2, 0.25) is 5.82 Å². The molecule has 1 unspecified atom stereocenters. The molecule has 7 heteroatoms. The second kappa shape index (κ2) is 5.22. The molecule has 0 aliphatic carbocycles. The molecule has 0 saturated carbocycles. The zero-order valence-electron chi connectivity index (χ0n) is 12.0. The predicted octanol–water partition coefficient (Wildman–Crippen LogP) is 0.970. The lowest BCUT2D eigenvalue weighted by atomic mass is 9.98. The van der Waals surface area contributed by atoms with Gasteiger partial charge in [0, 0.05) is 13.1 Å². The van der Waals surface area contributed by atoms with Gasteiger partial charge < -0.3 is 10.0 Å². The molecule has 0 bridgehead atoms. The van der Waals surface area contributed by atoms with E-state index in [1.54, 1.807) is 4.68 Å². The second-order valence-corrected chi connectivity index (χ2v) is 6.11. The number of rotatable bonds is 2. The van der Waals surface area contributed by atoms with Crippen LogP contribution >= 0.6 is 0 Å². The van der Waals surface area contributed by atoms with Crippen molar-refractivity contribution in [2.24, 2.45) is 5.92 Å². The van der Waals surface area contributed by atoms with Crippen LogP contribution in [-0.2, 0) is 10.3 Å². The highest BCUT2D eigenvalue weighted by Crippen LogP contribution is 2.18. The fraction of sp³-hybridized carbons (Fsp3) is 0.692. The number of carbonyl (C=O) groups is 2. The van der Waals surface area contributed by atoms with Crippen LogP contribution in [0.1, 0.15) is 44.2 Å². The number of hydrogen-bond acceptors (Lipinski definition) is 4. The molecule has 7 nitrogen and oxygen atoms in total. The molecule has 1 saturated heterocycles. The van der Waals surface area contributed by atoms with Crippen molar-refractivity contribution in [1.82, 2.24) is 19.7 Å². The van der Waals surface area contributed by atoms with E-state index in [1.165, 1.54) is 11.2 Å². The Morgan fingerprint density at radius 3 is 2.65 bits per heavy atom. The lowest BCUT2D eigenvalue weighted by Crippen LogP contribution is -2.42. The van der Waals surface area contributed by atoms with Gasteiger partial charge in [0.25, 0.3) is 5.91 Å². The number of carboxylic acid groups (broad SMARTS) is 1. The quantitative estimate of drug-likeness (QED) is 0.872. The smallest absolute Gasteiger partial charge is 0.308 e. The minimum atomic E-state index is -0.851.